The number of aliphatic carboxylic acids is 1. The molecule has 0 aromatic carbocycles. The number of amides is 3. The summed E-state index contributed by atoms with van der Waals surface area (Å²) in [6, 6.07) is -0.205. The highest BCUT2D eigenvalue weighted by Crippen LogP contribution is 2.17. The molecule has 1 aliphatic rings. The van der Waals surface area contributed by atoms with Gasteiger partial charge in [-0.1, -0.05) is 0 Å². The smallest absolute Gasteiger partial charge is 0.317 e. The van der Waals surface area contributed by atoms with Crippen LogP contribution in [0.15, 0.2) is 0 Å². The third kappa shape index (κ3) is 4.60. The molecule has 102 valence electrons. The van der Waals surface area contributed by atoms with E-state index in [1.165, 1.54) is 0 Å². The van der Waals surface area contributed by atoms with Crippen molar-refractivity contribution in [1.82, 2.24) is 10.2 Å². The van der Waals surface area contributed by atoms with Crippen molar-refractivity contribution in [3.05, 3.63) is 0 Å². The number of urea groups is 1. The van der Waals surface area contributed by atoms with Crippen LogP contribution in [0.1, 0.15) is 25.7 Å². The zero-order chi connectivity index (χ0) is 13.5. The molecule has 0 aromatic rings. The standard InChI is InChI=1S/C11H19N3O4/c12-9(15)2-1-5-13-11(18)14-6-3-8(4-7-14)10(16)17/h8H,1-7H2,(H2,12,15)(H,13,18)(H,16,17). The molecule has 0 spiro atoms. The summed E-state index contributed by atoms with van der Waals surface area (Å²) in [5.41, 5.74) is 4.98. The molecule has 18 heavy (non-hydrogen) atoms. The van der Waals surface area contributed by atoms with Gasteiger partial charge in [-0.2, -0.15) is 0 Å². The van der Waals surface area contributed by atoms with E-state index in [4.69, 9.17) is 10.8 Å². The van der Waals surface area contributed by atoms with Crippen molar-refractivity contribution in [3.8, 4) is 0 Å². The zero-order valence-corrected chi connectivity index (χ0v) is 10.2. The molecule has 0 unspecified atom stereocenters. The Morgan fingerprint density at radius 2 is 1.89 bits per heavy atom. The van der Waals surface area contributed by atoms with Crippen LogP contribution >= 0.6 is 0 Å². The molecule has 1 heterocycles. The number of carbonyl (C=O) groups excluding carboxylic acids is 2. The summed E-state index contributed by atoms with van der Waals surface area (Å²) in [4.78, 5) is 34.5. The minimum Gasteiger partial charge on any atom is -0.481 e. The van der Waals surface area contributed by atoms with E-state index in [1.54, 1.807) is 4.90 Å². The van der Waals surface area contributed by atoms with Crippen molar-refractivity contribution in [3.63, 3.8) is 0 Å². The first-order valence-corrected chi connectivity index (χ1v) is 6.04. The van der Waals surface area contributed by atoms with Crippen LogP contribution in [0, 0.1) is 5.92 Å². The number of carbonyl (C=O) groups is 3. The number of nitrogens with one attached hydrogen (secondary N) is 1. The first-order chi connectivity index (χ1) is 8.50. The Balaban J connectivity index is 2.20. The molecule has 1 fully saturated rings. The number of hydrogen-bond acceptors (Lipinski definition) is 3. The van der Waals surface area contributed by atoms with Gasteiger partial charge in [0, 0.05) is 26.1 Å². The lowest BCUT2D eigenvalue weighted by molar-refractivity contribution is -0.143. The Bertz CT molecular complexity index is 324. The lowest BCUT2D eigenvalue weighted by atomic mass is 9.97. The minimum atomic E-state index is -0.795. The van der Waals surface area contributed by atoms with Crippen LogP contribution in [-0.4, -0.2) is 47.5 Å². The SMILES string of the molecule is NC(=O)CCCNC(=O)N1CCC(C(=O)O)CC1. The molecular formula is C11H19N3O4. The summed E-state index contributed by atoms with van der Waals surface area (Å²) >= 11 is 0. The van der Waals surface area contributed by atoms with Gasteiger partial charge in [0.1, 0.15) is 0 Å². The highest BCUT2D eigenvalue weighted by Gasteiger charge is 2.26. The number of carboxylic acid groups (broad SMARTS) is 1. The maximum Gasteiger partial charge on any atom is 0.317 e. The highest BCUT2D eigenvalue weighted by molar-refractivity contribution is 5.76. The van der Waals surface area contributed by atoms with E-state index in [0.717, 1.165) is 0 Å². The number of hydrogen-bond donors (Lipinski definition) is 3. The summed E-state index contributed by atoms with van der Waals surface area (Å²) in [5.74, 6) is -1.52. The second-order valence-corrected chi connectivity index (χ2v) is 4.40. The molecule has 0 saturated carbocycles. The number of nitrogens with zero attached hydrogens (tertiary/aromatic N) is 1. The van der Waals surface area contributed by atoms with E-state index < -0.39 is 5.97 Å². The van der Waals surface area contributed by atoms with Crippen LogP contribution in [0.25, 0.3) is 0 Å². The van der Waals surface area contributed by atoms with Crippen LogP contribution in [0.4, 0.5) is 4.79 Å². The van der Waals surface area contributed by atoms with Gasteiger partial charge in [0.15, 0.2) is 0 Å². The van der Waals surface area contributed by atoms with Crippen molar-refractivity contribution in [2.45, 2.75) is 25.7 Å². The summed E-state index contributed by atoms with van der Waals surface area (Å²) < 4.78 is 0. The second-order valence-electron chi connectivity index (χ2n) is 4.40. The highest BCUT2D eigenvalue weighted by atomic mass is 16.4. The van der Waals surface area contributed by atoms with Crippen LogP contribution in [0.2, 0.25) is 0 Å². The lowest BCUT2D eigenvalue weighted by Crippen LogP contribution is -2.45. The minimum absolute atomic E-state index is 0.205. The van der Waals surface area contributed by atoms with E-state index in [2.05, 4.69) is 5.32 Å². The van der Waals surface area contributed by atoms with Crippen molar-refractivity contribution >= 4 is 17.9 Å². The van der Waals surface area contributed by atoms with Gasteiger partial charge in [0.2, 0.25) is 5.91 Å². The monoisotopic (exact) mass is 257 g/mol. The summed E-state index contributed by atoms with van der Waals surface area (Å²) in [5, 5.41) is 11.5. The third-order valence-corrected chi connectivity index (χ3v) is 3.01. The average Bonchev–Trinajstić information content (AvgIpc) is 2.34. The number of likely N-dealkylation sites (tertiary alicyclic amines) is 1. The molecular weight excluding hydrogens is 238 g/mol. The largest absolute Gasteiger partial charge is 0.481 e. The van der Waals surface area contributed by atoms with E-state index in [1.807, 2.05) is 0 Å². The molecule has 7 nitrogen and oxygen atoms in total. The first kappa shape index (κ1) is 14.3. The molecule has 4 N–H and O–H groups in total. The van der Waals surface area contributed by atoms with E-state index in [9.17, 15) is 14.4 Å². The van der Waals surface area contributed by atoms with Gasteiger partial charge in [0.05, 0.1) is 5.92 Å². The van der Waals surface area contributed by atoms with E-state index in [0.29, 0.717) is 38.9 Å². The Labute approximate surface area is 105 Å². The Hall–Kier alpha value is -1.79. The summed E-state index contributed by atoms with van der Waals surface area (Å²) in [6.45, 7) is 1.32. The molecule has 0 radical (unpaired) electrons. The van der Waals surface area contributed by atoms with E-state index in [-0.39, 0.29) is 24.3 Å². The van der Waals surface area contributed by atoms with Crippen molar-refractivity contribution in [2.24, 2.45) is 11.7 Å². The maximum atomic E-state index is 11.7. The Morgan fingerprint density at radius 1 is 1.28 bits per heavy atom. The number of nitrogens with two attached hydrogens (primary N) is 1. The van der Waals surface area contributed by atoms with Gasteiger partial charge >= 0.3 is 12.0 Å². The normalized spacial score (nSPS) is 16.3. The molecule has 1 rings (SSSR count). The van der Waals surface area contributed by atoms with Gasteiger partial charge in [-0.3, -0.25) is 9.59 Å². The Kier molecular flexibility index (Phi) is 5.41. The fourth-order valence-electron chi connectivity index (χ4n) is 1.90. The second kappa shape index (κ2) is 6.83. The van der Waals surface area contributed by atoms with Gasteiger partial charge < -0.3 is 21.1 Å². The lowest BCUT2D eigenvalue weighted by Gasteiger charge is -2.30. The average molecular weight is 257 g/mol. The van der Waals surface area contributed by atoms with Crippen LogP contribution in [0.3, 0.4) is 0 Å². The van der Waals surface area contributed by atoms with Gasteiger partial charge in [-0.25, -0.2) is 4.79 Å². The van der Waals surface area contributed by atoms with Crippen molar-refractivity contribution in [2.75, 3.05) is 19.6 Å². The topological polar surface area (TPSA) is 113 Å². The fourth-order valence-corrected chi connectivity index (χ4v) is 1.90. The predicted octanol–water partition coefficient (Wildman–Crippen LogP) is -0.242. The van der Waals surface area contributed by atoms with Gasteiger partial charge in [0.25, 0.3) is 0 Å². The number of primary amides is 1. The summed E-state index contributed by atoms with van der Waals surface area (Å²) in [7, 11) is 0. The molecule has 0 aromatic heterocycles. The van der Waals surface area contributed by atoms with Gasteiger partial charge in [-0.05, 0) is 19.3 Å². The van der Waals surface area contributed by atoms with Crippen LogP contribution in [0.5, 0.6) is 0 Å². The van der Waals surface area contributed by atoms with Crippen molar-refractivity contribution < 1.29 is 19.5 Å². The predicted molar refractivity (Wildman–Crippen MR) is 63.8 cm³/mol. The molecule has 7 heteroatoms. The zero-order valence-electron chi connectivity index (χ0n) is 10.2. The quantitative estimate of drug-likeness (QED) is 0.590. The molecule has 0 aliphatic carbocycles. The molecule has 3 amide bonds. The van der Waals surface area contributed by atoms with E-state index >= 15 is 0 Å². The van der Waals surface area contributed by atoms with Crippen LogP contribution in [-0.2, 0) is 9.59 Å². The Morgan fingerprint density at radius 3 is 2.39 bits per heavy atom. The van der Waals surface area contributed by atoms with Crippen molar-refractivity contribution in [1.29, 1.82) is 0 Å². The molecule has 1 aliphatic heterocycles. The number of piperidine rings is 1. The molecule has 1 saturated heterocycles. The van der Waals surface area contributed by atoms with Gasteiger partial charge in [-0.15, -0.1) is 0 Å². The van der Waals surface area contributed by atoms with Crippen LogP contribution < -0.4 is 11.1 Å². The maximum absolute atomic E-state index is 11.7. The number of carboxylic acids is 1. The first-order valence-electron chi connectivity index (χ1n) is 6.04. The molecule has 0 bridgehead atoms. The molecule has 0 atom stereocenters. The number of rotatable bonds is 5. The fraction of sp³-hybridized carbons (Fsp3) is 0.727. The third-order valence-electron chi connectivity index (χ3n) is 3.01. The summed E-state index contributed by atoms with van der Waals surface area (Å²) in [6.07, 6.45) is 1.75.